The van der Waals surface area contributed by atoms with E-state index >= 15 is 0 Å². The van der Waals surface area contributed by atoms with Crippen LogP contribution in [0.2, 0.25) is 18.1 Å². The Bertz CT molecular complexity index is 615. The maximum Gasteiger partial charge on any atom is 0.277 e. The van der Waals surface area contributed by atoms with Crippen LogP contribution in [0.5, 0.6) is 0 Å². The molecule has 0 aliphatic rings. The number of rotatable bonds is 5. The standard InChI is InChI=1S/C17H26N2O3Si/c1-17(2,3)23(6,7)22-12-14-10-13(11-18)8-9-15(14)16(20)19(4)21-5/h8-10H,12H2,1-7H3. The Morgan fingerprint density at radius 1 is 1.35 bits per heavy atom. The van der Waals surface area contributed by atoms with Crippen LogP contribution < -0.4 is 0 Å². The highest BCUT2D eigenvalue weighted by Gasteiger charge is 2.37. The van der Waals surface area contributed by atoms with Crippen LogP contribution in [0.1, 0.15) is 42.3 Å². The molecule has 0 fully saturated rings. The van der Waals surface area contributed by atoms with Gasteiger partial charge in [0.2, 0.25) is 0 Å². The average molecular weight is 334 g/mol. The Kier molecular flexibility index (Phi) is 6.11. The van der Waals surface area contributed by atoms with Crippen molar-refractivity contribution in [2.45, 2.75) is 45.5 Å². The zero-order valence-electron chi connectivity index (χ0n) is 15.1. The van der Waals surface area contributed by atoms with Gasteiger partial charge in [-0.3, -0.25) is 9.63 Å². The molecule has 0 bridgehead atoms. The van der Waals surface area contributed by atoms with Gasteiger partial charge in [-0.2, -0.15) is 5.26 Å². The number of nitrogens with zero attached hydrogens (tertiary/aromatic N) is 2. The van der Waals surface area contributed by atoms with E-state index in [1.165, 1.54) is 7.11 Å². The molecule has 0 saturated carbocycles. The summed E-state index contributed by atoms with van der Waals surface area (Å²) in [6, 6.07) is 7.10. The molecule has 1 aromatic carbocycles. The van der Waals surface area contributed by atoms with E-state index in [1.54, 1.807) is 25.2 Å². The third-order valence-electron chi connectivity index (χ3n) is 4.42. The number of hydrogen-bond acceptors (Lipinski definition) is 4. The van der Waals surface area contributed by atoms with E-state index in [1.807, 2.05) is 0 Å². The van der Waals surface area contributed by atoms with Gasteiger partial charge in [-0.05, 0) is 41.9 Å². The maximum absolute atomic E-state index is 12.4. The lowest BCUT2D eigenvalue weighted by molar-refractivity contribution is -0.0758. The van der Waals surface area contributed by atoms with Crippen molar-refractivity contribution in [3.63, 3.8) is 0 Å². The van der Waals surface area contributed by atoms with Gasteiger partial charge in [-0.25, -0.2) is 5.06 Å². The second kappa shape index (κ2) is 7.26. The molecule has 0 unspecified atom stereocenters. The molecule has 0 radical (unpaired) electrons. The molecule has 126 valence electrons. The smallest absolute Gasteiger partial charge is 0.277 e. The molecule has 1 rings (SSSR count). The van der Waals surface area contributed by atoms with Crippen LogP contribution in [0.3, 0.4) is 0 Å². The van der Waals surface area contributed by atoms with Gasteiger partial charge in [0.25, 0.3) is 5.91 Å². The summed E-state index contributed by atoms with van der Waals surface area (Å²) in [5.41, 5.74) is 1.71. The number of carbonyl (C=O) groups excluding carboxylic acids is 1. The Labute approximate surface area is 139 Å². The number of nitriles is 1. The molecule has 0 heterocycles. The van der Waals surface area contributed by atoms with Crippen molar-refractivity contribution in [2.75, 3.05) is 14.2 Å². The Morgan fingerprint density at radius 3 is 2.43 bits per heavy atom. The second-order valence-corrected chi connectivity index (χ2v) is 11.8. The summed E-state index contributed by atoms with van der Waals surface area (Å²) in [4.78, 5) is 17.4. The molecule has 6 heteroatoms. The van der Waals surface area contributed by atoms with Gasteiger partial charge in [-0.1, -0.05) is 20.8 Å². The summed E-state index contributed by atoms with van der Waals surface area (Å²) in [7, 11) is 1.04. The molecular weight excluding hydrogens is 308 g/mol. The van der Waals surface area contributed by atoms with Crippen LogP contribution in [0.4, 0.5) is 0 Å². The number of carbonyl (C=O) groups is 1. The van der Waals surface area contributed by atoms with Gasteiger partial charge < -0.3 is 4.43 Å². The molecule has 1 aromatic rings. The van der Waals surface area contributed by atoms with Crippen LogP contribution in [-0.2, 0) is 15.9 Å². The minimum atomic E-state index is -1.95. The monoisotopic (exact) mass is 334 g/mol. The van der Waals surface area contributed by atoms with Gasteiger partial charge in [0.05, 0.1) is 25.3 Å². The third-order valence-corrected chi connectivity index (χ3v) is 8.90. The molecule has 5 nitrogen and oxygen atoms in total. The molecule has 23 heavy (non-hydrogen) atoms. The lowest BCUT2D eigenvalue weighted by Crippen LogP contribution is -2.40. The zero-order chi connectivity index (χ0) is 17.8. The van der Waals surface area contributed by atoms with Crippen molar-refractivity contribution in [3.05, 3.63) is 34.9 Å². The molecule has 0 N–H and O–H groups in total. The first-order valence-electron chi connectivity index (χ1n) is 7.52. The van der Waals surface area contributed by atoms with E-state index in [0.29, 0.717) is 23.3 Å². The SMILES string of the molecule is CON(C)C(=O)c1ccc(C#N)cc1CO[Si](C)(C)C(C)(C)C. The third kappa shape index (κ3) is 4.64. The minimum Gasteiger partial charge on any atom is -0.413 e. The number of hydroxylamine groups is 2. The first-order chi connectivity index (χ1) is 10.5. The fourth-order valence-electron chi connectivity index (χ4n) is 1.72. The van der Waals surface area contributed by atoms with Gasteiger partial charge in [0.15, 0.2) is 8.32 Å². The normalized spacial score (nSPS) is 11.9. The highest BCUT2D eigenvalue weighted by Crippen LogP contribution is 2.37. The first kappa shape index (κ1) is 19.4. The summed E-state index contributed by atoms with van der Waals surface area (Å²) in [5.74, 6) is -0.258. The average Bonchev–Trinajstić information content (AvgIpc) is 2.50. The van der Waals surface area contributed by atoms with Crippen LogP contribution in [0.25, 0.3) is 0 Å². The number of benzene rings is 1. The van der Waals surface area contributed by atoms with Crippen LogP contribution >= 0.6 is 0 Å². The van der Waals surface area contributed by atoms with E-state index in [2.05, 4.69) is 39.9 Å². The maximum atomic E-state index is 12.4. The van der Waals surface area contributed by atoms with Crippen molar-refractivity contribution in [1.82, 2.24) is 5.06 Å². The summed E-state index contributed by atoms with van der Waals surface area (Å²) >= 11 is 0. The fourth-order valence-corrected chi connectivity index (χ4v) is 2.67. The molecule has 1 amide bonds. The molecular formula is C17H26N2O3Si. The van der Waals surface area contributed by atoms with Gasteiger partial charge >= 0.3 is 0 Å². The number of hydrogen-bond donors (Lipinski definition) is 0. The van der Waals surface area contributed by atoms with Crippen molar-refractivity contribution >= 4 is 14.2 Å². The fraction of sp³-hybridized carbons (Fsp3) is 0.529. The van der Waals surface area contributed by atoms with Gasteiger partial charge in [-0.15, -0.1) is 0 Å². The van der Waals surface area contributed by atoms with Crippen molar-refractivity contribution < 1.29 is 14.1 Å². The molecule has 0 aliphatic heterocycles. The second-order valence-electron chi connectivity index (χ2n) is 7.02. The first-order valence-corrected chi connectivity index (χ1v) is 10.4. The van der Waals surface area contributed by atoms with Crippen LogP contribution in [0.15, 0.2) is 18.2 Å². The van der Waals surface area contributed by atoms with Crippen LogP contribution in [-0.4, -0.2) is 33.4 Å². The molecule has 0 atom stereocenters. The van der Waals surface area contributed by atoms with Gasteiger partial charge in [0.1, 0.15) is 0 Å². The molecule has 0 saturated heterocycles. The summed E-state index contributed by atoms with van der Waals surface area (Å²) < 4.78 is 6.20. The molecule has 0 aromatic heterocycles. The van der Waals surface area contributed by atoms with Gasteiger partial charge in [0, 0.05) is 12.6 Å². The highest BCUT2D eigenvalue weighted by atomic mass is 28.4. The predicted molar refractivity (Wildman–Crippen MR) is 92.2 cm³/mol. The number of amides is 1. The predicted octanol–water partition coefficient (Wildman–Crippen LogP) is 3.71. The minimum absolute atomic E-state index is 0.0767. The van der Waals surface area contributed by atoms with Crippen molar-refractivity contribution in [2.24, 2.45) is 0 Å². The quantitative estimate of drug-likeness (QED) is 0.608. The van der Waals surface area contributed by atoms with E-state index in [-0.39, 0.29) is 10.9 Å². The van der Waals surface area contributed by atoms with E-state index in [4.69, 9.17) is 14.5 Å². The van der Waals surface area contributed by atoms with Crippen molar-refractivity contribution in [1.29, 1.82) is 5.26 Å². The topological polar surface area (TPSA) is 62.6 Å². The Morgan fingerprint density at radius 2 is 1.96 bits per heavy atom. The van der Waals surface area contributed by atoms with E-state index in [9.17, 15) is 4.79 Å². The van der Waals surface area contributed by atoms with Crippen LogP contribution in [0, 0.1) is 11.3 Å². The summed E-state index contributed by atoms with van der Waals surface area (Å²) in [6.45, 7) is 11.1. The molecule has 0 aliphatic carbocycles. The lowest BCUT2D eigenvalue weighted by atomic mass is 10.0. The lowest BCUT2D eigenvalue weighted by Gasteiger charge is -2.36. The van der Waals surface area contributed by atoms with Crippen molar-refractivity contribution in [3.8, 4) is 6.07 Å². The summed E-state index contributed by atoms with van der Waals surface area (Å²) in [5, 5.41) is 10.3. The molecule has 0 spiro atoms. The Hall–Kier alpha value is -1.68. The Balaban J connectivity index is 3.13. The van der Waals surface area contributed by atoms with E-state index < -0.39 is 8.32 Å². The highest BCUT2D eigenvalue weighted by molar-refractivity contribution is 6.74. The zero-order valence-corrected chi connectivity index (χ0v) is 16.1. The summed E-state index contributed by atoms with van der Waals surface area (Å²) in [6.07, 6.45) is 0. The van der Waals surface area contributed by atoms with E-state index in [0.717, 1.165) is 5.06 Å². The largest absolute Gasteiger partial charge is 0.413 e.